The van der Waals surface area contributed by atoms with Gasteiger partial charge in [0.05, 0.1) is 0 Å². The van der Waals surface area contributed by atoms with Crippen molar-refractivity contribution in [3.8, 4) is 0 Å². The highest BCUT2D eigenvalue weighted by molar-refractivity contribution is 5.20. The van der Waals surface area contributed by atoms with Crippen LogP contribution in [0.5, 0.6) is 0 Å². The number of hydrogen-bond acceptors (Lipinski definition) is 2. The molecule has 1 fully saturated rings. The van der Waals surface area contributed by atoms with E-state index >= 15 is 0 Å². The van der Waals surface area contributed by atoms with Crippen LogP contribution in [0.25, 0.3) is 0 Å². The summed E-state index contributed by atoms with van der Waals surface area (Å²) in [5.41, 5.74) is 1.42. The first-order chi connectivity index (χ1) is 9.70. The molecule has 0 amide bonds. The van der Waals surface area contributed by atoms with Crippen molar-refractivity contribution in [2.75, 3.05) is 19.6 Å². The summed E-state index contributed by atoms with van der Waals surface area (Å²) in [6.07, 6.45) is 4.35. The van der Waals surface area contributed by atoms with Gasteiger partial charge in [-0.15, -0.1) is 6.58 Å². The molecule has 1 aromatic rings. The van der Waals surface area contributed by atoms with Gasteiger partial charge in [0, 0.05) is 31.7 Å². The average molecular weight is 272 g/mol. The summed E-state index contributed by atoms with van der Waals surface area (Å²) in [5.74, 6) is 0.752. The van der Waals surface area contributed by atoms with Crippen molar-refractivity contribution in [3.05, 3.63) is 48.6 Å². The number of nitrogens with one attached hydrogen (secondary N) is 1. The van der Waals surface area contributed by atoms with Crippen molar-refractivity contribution >= 4 is 0 Å². The lowest BCUT2D eigenvalue weighted by atomic mass is 9.96. The third-order valence-corrected chi connectivity index (χ3v) is 4.06. The Balaban J connectivity index is 2.05. The Morgan fingerprint density at radius 1 is 1.35 bits per heavy atom. The van der Waals surface area contributed by atoms with Crippen molar-refractivity contribution in [1.82, 2.24) is 10.2 Å². The molecule has 0 saturated carbocycles. The van der Waals surface area contributed by atoms with Crippen LogP contribution >= 0.6 is 0 Å². The predicted octanol–water partition coefficient (Wildman–Crippen LogP) is 3.62. The molecule has 1 heterocycles. The summed E-state index contributed by atoms with van der Waals surface area (Å²) in [6, 6.07) is 12.0. The summed E-state index contributed by atoms with van der Waals surface area (Å²) in [7, 11) is 0. The molecule has 1 aliphatic rings. The van der Waals surface area contributed by atoms with E-state index in [2.05, 4.69) is 61.0 Å². The average Bonchev–Trinajstić information content (AvgIpc) is 2.45. The normalized spacial score (nSPS) is 23.9. The first kappa shape index (κ1) is 15.3. The molecule has 0 radical (unpaired) electrons. The number of piperazine rings is 1. The number of benzene rings is 1. The van der Waals surface area contributed by atoms with E-state index in [1.165, 1.54) is 12.0 Å². The highest BCUT2D eigenvalue weighted by Crippen LogP contribution is 2.25. The van der Waals surface area contributed by atoms with Gasteiger partial charge in [0.15, 0.2) is 0 Å². The van der Waals surface area contributed by atoms with Crippen LogP contribution < -0.4 is 5.32 Å². The van der Waals surface area contributed by atoms with Crippen molar-refractivity contribution in [2.24, 2.45) is 5.92 Å². The van der Waals surface area contributed by atoms with Crippen LogP contribution in [0.2, 0.25) is 0 Å². The molecule has 1 aromatic carbocycles. The third kappa shape index (κ3) is 4.19. The van der Waals surface area contributed by atoms with Crippen LogP contribution in [0, 0.1) is 5.92 Å². The molecule has 0 bridgehead atoms. The number of nitrogens with zero attached hydrogens (tertiary/aromatic N) is 1. The van der Waals surface area contributed by atoms with Gasteiger partial charge in [0.1, 0.15) is 0 Å². The molecule has 1 aliphatic heterocycles. The molecular formula is C18H28N2. The highest BCUT2D eigenvalue weighted by Gasteiger charge is 2.28. The van der Waals surface area contributed by atoms with Crippen LogP contribution in [-0.4, -0.2) is 30.6 Å². The van der Waals surface area contributed by atoms with Gasteiger partial charge < -0.3 is 5.32 Å². The molecule has 0 aliphatic carbocycles. The molecule has 2 nitrogen and oxygen atoms in total. The van der Waals surface area contributed by atoms with Gasteiger partial charge in [-0.25, -0.2) is 0 Å². The maximum atomic E-state index is 3.87. The van der Waals surface area contributed by atoms with Crippen molar-refractivity contribution in [2.45, 2.75) is 38.8 Å². The molecule has 0 aromatic heterocycles. The van der Waals surface area contributed by atoms with E-state index < -0.39 is 0 Å². The minimum atomic E-state index is 0.500. The fourth-order valence-corrected chi connectivity index (χ4v) is 3.12. The van der Waals surface area contributed by atoms with Gasteiger partial charge in [0.2, 0.25) is 0 Å². The second-order valence-electron chi connectivity index (χ2n) is 6.23. The van der Waals surface area contributed by atoms with Crippen molar-refractivity contribution in [1.29, 1.82) is 0 Å². The lowest BCUT2D eigenvalue weighted by molar-refractivity contribution is 0.124. The second kappa shape index (κ2) is 7.61. The Kier molecular flexibility index (Phi) is 5.81. The minimum Gasteiger partial charge on any atom is -0.311 e. The zero-order valence-corrected chi connectivity index (χ0v) is 12.9. The molecule has 2 atom stereocenters. The van der Waals surface area contributed by atoms with Crippen molar-refractivity contribution < 1.29 is 0 Å². The molecule has 110 valence electrons. The Morgan fingerprint density at radius 2 is 2.10 bits per heavy atom. The molecule has 0 spiro atoms. The summed E-state index contributed by atoms with van der Waals surface area (Å²) in [5, 5.41) is 3.74. The van der Waals surface area contributed by atoms with E-state index in [9.17, 15) is 0 Å². The quantitative estimate of drug-likeness (QED) is 0.796. The smallest absolute Gasteiger partial charge is 0.0473 e. The summed E-state index contributed by atoms with van der Waals surface area (Å²) in [4.78, 5) is 2.63. The molecule has 1 saturated heterocycles. The topological polar surface area (TPSA) is 15.3 Å². The molecule has 20 heavy (non-hydrogen) atoms. The summed E-state index contributed by atoms with van der Waals surface area (Å²) in [6.45, 7) is 11.8. The van der Waals surface area contributed by atoms with Crippen LogP contribution in [-0.2, 0) is 0 Å². The van der Waals surface area contributed by atoms with E-state index in [0.717, 1.165) is 32.0 Å². The highest BCUT2D eigenvalue weighted by atomic mass is 15.2. The van der Waals surface area contributed by atoms with Gasteiger partial charge >= 0.3 is 0 Å². The maximum Gasteiger partial charge on any atom is 0.0473 e. The SMILES string of the molecule is C=CCCN1CC(CC(C)C)NCC1c1ccccc1. The summed E-state index contributed by atoms with van der Waals surface area (Å²) < 4.78 is 0. The molecular weight excluding hydrogens is 244 g/mol. The van der Waals surface area contributed by atoms with E-state index in [-0.39, 0.29) is 0 Å². The van der Waals surface area contributed by atoms with Gasteiger partial charge in [0.25, 0.3) is 0 Å². The predicted molar refractivity (Wildman–Crippen MR) is 86.8 cm³/mol. The first-order valence-electron chi connectivity index (χ1n) is 7.84. The number of hydrogen-bond donors (Lipinski definition) is 1. The Bertz CT molecular complexity index is 399. The zero-order chi connectivity index (χ0) is 14.4. The minimum absolute atomic E-state index is 0.500. The Morgan fingerprint density at radius 3 is 2.75 bits per heavy atom. The number of rotatable bonds is 6. The Labute approximate surface area is 123 Å². The van der Waals surface area contributed by atoms with Gasteiger partial charge in [-0.3, -0.25) is 4.90 Å². The lowest BCUT2D eigenvalue weighted by Crippen LogP contribution is -2.52. The van der Waals surface area contributed by atoms with Crippen LogP contribution in [0.3, 0.4) is 0 Å². The third-order valence-electron chi connectivity index (χ3n) is 4.06. The van der Waals surface area contributed by atoms with E-state index in [1.807, 2.05) is 6.08 Å². The van der Waals surface area contributed by atoms with Gasteiger partial charge in [-0.1, -0.05) is 50.3 Å². The van der Waals surface area contributed by atoms with Gasteiger partial charge in [-0.05, 0) is 24.3 Å². The first-order valence-corrected chi connectivity index (χ1v) is 7.84. The van der Waals surface area contributed by atoms with E-state index in [4.69, 9.17) is 0 Å². The standard InChI is InChI=1S/C18H28N2/c1-4-5-11-20-14-17(12-15(2)3)19-13-18(20)16-9-7-6-8-10-16/h4,6-10,15,17-19H,1,5,11-14H2,2-3H3. The van der Waals surface area contributed by atoms with Crippen LogP contribution in [0.4, 0.5) is 0 Å². The molecule has 1 N–H and O–H groups in total. The van der Waals surface area contributed by atoms with Gasteiger partial charge in [-0.2, -0.15) is 0 Å². The fraction of sp³-hybridized carbons (Fsp3) is 0.556. The van der Waals surface area contributed by atoms with Crippen LogP contribution in [0.15, 0.2) is 43.0 Å². The fourth-order valence-electron chi connectivity index (χ4n) is 3.12. The van der Waals surface area contributed by atoms with E-state index in [0.29, 0.717) is 12.1 Å². The molecule has 2 unspecified atom stereocenters. The maximum absolute atomic E-state index is 3.87. The second-order valence-corrected chi connectivity index (χ2v) is 6.23. The lowest BCUT2D eigenvalue weighted by Gasteiger charge is -2.41. The largest absolute Gasteiger partial charge is 0.311 e. The van der Waals surface area contributed by atoms with Crippen LogP contribution in [0.1, 0.15) is 38.3 Å². The Hall–Kier alpha value is -1.12. The molecule has 2 heteroatoms. The summed E-state index contributed by atoms with van der Waals surface area (Å²) >= 11 is 0. The van der Waals surface area contributed by atoms with Crippen molar-refractivity contribution in [3.63, 3.8) is 0 Å². The monoisotopic (exact) mass is 272 g/mol. The van der Waals surface area contributed by atoms with E-state index in [1.54, 1.807) is 0 Å². The molecule has 2 rings (SSSR count). The zero-order valence-electron chi connectivity index (χ0n) is 12.9.